The largest absolute Gasteiger partial charge is 0.494 e. The van der Waals surface area contributed by atoms with E-state index in [2.05, 4.69) is 5.32 Å². The number of anilines is 1. The van der Waals surface area contributed by atoms with E-state index in [9.17, 15) is 18.0 Å². The number of hydrogen-bond acceptors (Lipinski definition) is 5. The molecule has 0 spiro atoms. The monoisotopic (exact) mass is 647 g/mol. The van der Waals surface area contributed by atoms with E-state index in [1.54, 1.807) is 66.7 Å². The Bertz CT molecular complexity index is 1630. The first-order chi connectivity index (χ1) is 21.7. The van der Waals surface area contributed by atoms with Gasteiger partial charge in [0, 0.05) is 24.5 Å². The van der Waals surface area contributed by atoms with Crippen molar-refractivity contribution in [2.45, 2.75) is 44.2 Å². The summed E-state index contributed by atoms with van der Waals surface area (Å²) in [6.07, 6.45) is 0.958. The summed E-state index contributed by atoms with van der Waals surface area (Å²) in [6, 6.07) is 30.0. The lowest BCUT2D eigenvalue weighted by Gasteiger charge is -2.34. The fourth-order valence-corrected chi connectivity index (χ4v) is 6.39. The van der Waals surface area contributed by atoms with Gasteiger partial charge in [-0.05, 0) is 73.0 Å². The molecule has 236 valence electrons. The minimum atomic E-state index is -4.18. The number of rotatable bonds is 15. The molecule has 1 atom stereocenters. The molecule has 10 heteroatoms. The van der Waals surface area contributed by atoms with Crippen LogP contribution in [0.3, 0.4) is 0 Å². The van der Waals surface area contributed by atoms with Gasteiger partial charge >= 0.3 is 0 Å². The van der Waals surface area contributed by atoms with E-state index >= 15 is 0 Å². The third kappa shape index (κ3) is 9.09. The van der Waals surface area contributed by atoms with Gasteiger partial charge in [-0.1, -0.05) is 79.2 Å². The maximum absolute atomic E-state index is 14.4. The number of benzene rings is 4. The molecule has 4 aromatic rings. The second-order valence-electron chi connectivity index (χ2n) is 10.4. The van der Waals surface area contributed by atoms with E-state index in [0.717, 1.165) is 21.9 Å². The molecule has 0 saturated heterocycles. The van der Waals surface area contributed by atoms with Crippen LogP contribution in [0.15, 0.2) is 114 Å². The zero-order valence-corrected chi connectivity index (χ0v) is 27.0. The first kappa shape index (κ1) is 33.6. The zero-order valence-electron chi connectivity index (χ0n) is 25.4. The first-order valence-corrected chi connectivity index (χ1v) is 16.7. The predicted molar refractivity (Wildman–Crippen MR) is 178 cm³/mol. The van der Waals surface area contributed by atoms with Gasteiger partial charge in [0.2, 0.25) is 11.8 Å². The van der Waals surface area contributed by atoms with Gasteiger partial charge in [-0.2, -0.15) is 0 Å². The minimum Gasteiger partial charge on any atom is -0.494 e. The normalized spacial score (nSPS) is 11.8. The Kier molecular flexibility index (Phi) is 12.0. The molecular formula is C35H38ClN3O5S. The Balaban J connectivity index is 1.78. The van der Waals surface area contributed by atoms with Crippen molar-refractivity contribution in [2.75, 3.05) is 24.0 Å². The summed E-state index contributed by atoms with van der Waals surface area (Å²) >= 11 is 6.14. The summed E-state index contributed by atoms with van der Waals surface area (Å²) in [5, 5.41) is 3.48. The number of ether oxygens (including phenoxy) is 1. The van der Waals surface area contributed by atoms with Crippen LogP contribution in [0, 0.1) is 0 Å². The number of nitrogens with zero attached hydrogens (tertiary/aromatic N) is 2. The first-order valence-electron chi connectivity index (χ1n) is 14.9. The maximum Gasteiger partial charge on any atom is 0.264 e. The van der Waals surface area contributed by atoms with Crippen molar-refractivity contribution in [1.82, 2.24) is 10.2 Å². The van der Waals surface area contributed by atoms with Crippen LogP contribution in [0.5, 0.6) is 5.75 Å². The average Bonchev–Trinajstić information content (AvgIpc) is 3.06. The molecule has 4 aromatic carbocycles. The average molecular weight is 648 g/mol. The molecule has 0 bridgehead atoms. The molecule has 0 radical (unpaired) electrons. The molecule has 0 aliphatic heterocycles. The van der Waals surface area contributed by atoms with Crippen molar-refractivity contribution in [3.63, 3.8) is 0 Å². The summed E-state index contributed by atoms with van der Waals surface area (Å²) in [6.45, 7) is 4.23. The predicted octanol–water partition coefficient (Wildman–Crippen LogP) is 6.10. The van der Waals surface area contributed by atoms with Crippen molar-refractivity contribution < 1.29 is 22.7 Å². The highest BCUT2D eigenvalue weighted by molar-refractivity contribution is 7.92. The van der Waals surface area contributed by atoms with Gasteiger partial charge in [-0.15, -0.1) is 0 Å². The van der Waals surface area contributed by atoms with Crippen LogP contribution in [-0.4, -0.2) is 50.9 Å². The molecule has 1 unspecified atom stereocenters. The molecular weight excluding hydrogens is 610 g/mol. The maximum atomic E-state index is 14.4. The molecule has 1 N–H and O–H groups in total. The van der Waals surface area contributed by atoms with Gasteiger partial charge in [-0.3, -0.25) is 13.9 Å². The van der Waals surface area contributed by atoms with Crippen LogP contribution in [0.4, 0.5) is 5.69 Å². The lowest BCUT2D eigenvalue weighted by molar-refractivity contribution is -0.140. The number of sulfonamides is 1. The van der Waals surface area contributed by atoms with Crippen molar-refractivity contribution >= 4 is 39.1 Å². The molecule has 0 aromatic heterocycles. The van der Waals surface area contributed by atoms with Crippen LogP contribution in [0.1, 0.15) is 31.4 Å². The Morgan fingerprint density at radius 1 is 0.822 bits per heavy atom. The second-order valence-corrected chi connectivity index (χ2v) is 12.7. The van der Waals surface area contributed by atoms with Gasteiger partial charge < -0.3 is 15.0 Å². The van der Waals surface area contributed by atoms with Crippen LogP contribution >= 0.6 is 11.6 Å². The highest BCUT2D eigenvalue weighted by Crippen LogP contribution is 2.27. The van der Waals surface area contributed by atoms with Crippen molar-refractivity contribution in [1.29, 1.82) is 0 Å². The highest BCUT2D eigenvalue weighted by atomic mass is 35.5. The Hall–Kier alpha value is -4.34. The molecule has 0 heterocycles. The van der Waals surface area contributed by atoms with Crippen LogP contribution in [0.2, 0.25) is 5.02 Å². The van der Waals surface area contributed by atoms with E-state index in [-0.39, 0.29) is 29.5 Å². The number of amides is 2. The fourth-order valence-electron chi connectivity index (χ4n) is 4.83. The van der Waals surface area contributed by atoms with Crippen molar-refractivity contribution in [3.8, 4) is 5.75 Å². The van der Waals surface area contributed by atoms with Gasteiger partial charge in [0.05, 0.1) is 17.2 Å². The number of nitrogens with one attached hydrogen (secondary N) is 1. The fraction of sp³-hybridized carbons (Fsp3) is 0.257. The summed E-state index contributed by atoms with van der Waals surface area (Å²) in [7, 11) is -4.18. The van der Waals surface area contributed by atoms with Gasteiger partial charge in [0.1, 0.15) is 18.3 Å². The number of carbonyl (C=O) groups excluding carboxylic acids is 2. The van der Waals surface area contributed by atoms with Crippen LogP contribution in [0.25, 0.3) is 0 Å². The quantitative estimate of drug-likeness (QED) is 0.168. The molecule has 0 saturated carbocycles. The summed E-state index contributed by atoms with van der Waals surface area (Å²) in [5.74, 6) is -0.281. The number of hydrogen-bond donors (Lipinski definition) is 1. The van der Waals surface area contributed by atoms with E-state index < -0.39 is 28.5 Å². The van der Waals surface area contributed by atoms with Gasteiger partial charge in [0.15, 0.2) is 0 Å². The topological polar surface area (TPSA) is 96.0 Å². The van der Waals surface area contributed by atoms with Gasteiger partial charge in [0.25, 0.3) is 10.0 Å². The zero-order chi connectivity index (χ0) is 32.2. The van der Waals surface area contributed by atoms with E-state index in [0.29, 0.717) is 23.9 Å². The molecule has 2 amide bonds. The Morgan fingerprint density at radius 2 is 1.44 bits per heavy atom. The standard InChI is InChI=1S/C35H38ClN3O5S/c1-3-23-37-35(41)33(24-27-11-7-5-8-12-27)38(25-28-15-17-29(36)18-16-28)34(40)26-39(30-19-21-31(22-20-30)44-4-2)45(42,43)32-13-9-6-10-14-32/h5-22,33H,3-4,23-26H2,1-2H3,(H,37,41). The summed E-state index contributed by atoms with van der Waals surface area (Å²) < 4.78 is 34.8. The highest BCUT2D eigenvalue weighted by Gasteiger charge is 2.34. The third-order valence-electron chi connectivity index (χ3n) is 7.13. The molecule has 0 aliphatic carbocycles. The summed E-state index contributed by atoms with van der Waals surface area (Å²) in [4.78, 5) is 29.6. The van der Waals surface area contributed by atoms with E-state index in [1.165, 1.54) is 17.0 Å². The van der Waals surface area contributed by atoms with E-state index in [4.69, 9.17) is 16.3 Å². The van der Waals surface area contributed by atoms with E-state index in [1.807, 2.05) is 44.2 Å². The molecule has 8 nitrogen and oxygen atoms in total. The Morgan fingerprint density at radius 3 is 2.04 bits per heavy atom. The summed E-state index contributed by atoms with van der Waals surface area (Å²) in [5.41, 5.74) is 1.90. The molecule has 0 aliphatic rings. The lowest BCUT2D eigenvalue weighted by atomic mass is 10.0. The van der Waals surface area contributed by atoms with Crippen LogP contribution < -0.4 is 14.4 Å². The smallest absolute Gasteiger partial charge is 0.264 e. The second kappa shape index (κ2) is 16.1. The number of halogens is 1. The molecule has 4 rings (SSSR count). The lowest BCUT2D eigenvalue weighted by Crippen LogP contribution is -2.53. The van der Waals surface area contributed by atoms with Crippen molar-refractivity contribution in [2.24, 2.45) is 0 Å². The third-order valence-corrected chi connectivity index (χ3v) is 9.17. The SMILES string of the molecule is CCCNC(=O)C(Cc1ccccc1)N(Cc1ccc(Cl)cc1)C(=O)CN(c1ccc(OCC)cc1)S(=O)(=O)c1ccccc1. The molecule has 45 heavy (non-hydrogen) atoms. The number of carbonyl (C=O) groups is 2. The minimum absolute atomic E-state index is 0.0393. The Labute approximate surface area is 270 Å². The molecule has 0 fully saturated rings. The van der Waals surface area contributed by atoms with Gasteiger partial charge in [-0.25, -0.2) is 8.42 Å². The van der Waals surface area contributed by atoms with Crippen LogP contribution in [-0.2, 0) is 32.6 Å². The van der Waals surface area contributed by atoms with Crippen molar-refractivity contribution in [3.05, 3.63) is 125 Å².